The Morgan fingerprint density at radius 3 is 2.66 bits per heavy atom. The highest BCUT2D eigenvalue weighted by atomic mass is 16.5. The van der Waals surface area contributed by atoms with E-state index in [9.17, 15) is 4.79 Å². The van der Waals surface area contributed by atoms with Gasteiger partial charge in [0.05, 0.1) is 13.2 Å². The van der Waals surface area contributed by atoms with Crippen LogP contribution in [-0.2, 0) is 16.8 Å². The molecule has 0 saturated carbocycles. The first-order valence-corrected chi connectivity index (χ1v) is 10.2. The predicted octanol–water partition coefficient (Wildman–Crippen LogP) is 4.48. The fourth-order valence-corrected chi connectivity index (χ4v) is 3.51. The first kappa shape index (κ1) is 21.2. The van der Waals surface area contributed by atoms with Gasteiger partial charge in [-0.3, -0.25) is 4.79 Å². The van der Waals surface area contributed by atoms with Crippen LogP contribution >= 0.6 is 0 Å². The molecule has 1 aliphatic heterocycles. The van der Waals surface area contributed by atoms with Crippen molar-refractivity contribution in [2.45, 2.75) is 51.7 Å². The highest BCUT2D eigenvalue weighted by Crippen LogP contribution is 2.32. The molecule has 0 aromatic heterocycles. The van der Waals surface area contributed by atoms with Gasteiger partial charge in [0.2, 0.25) is 0 Å². The molecule has 0 bridgehead atoms. The van der Waals surface area contributed by atoms with Gasteiger partial charge in [0, 0.05) is 24.3 Å². The average Bonchev–Trinajstić information content (AvgIpc) is 3.23. The van der Waals surface area contributed by atoms with Crippen molar-refractivity contribution in [2.24, 2.45) is 0 Å². The van der Waals surface area contributed by atoms with Gasteiger partial charge in [-0.15, -0.1) is 0 Å². The lowest BCUT2D eigenvalue weighted by Crippen LogP contribution is -2.31. The number of hydrogen-bond acceptors (Lipinski definition) is 4. The number of carbonyl (C=O) groups is 1. The fourth-order valence-electron chi connectivity index (χ4n) is 3.51. The van der Waals surface area contributed by atoms with Gasteiger partial charge in [0.25, 0.3) is 5.91 Å². The second-order valence-electron chi connectivity index (χ2n) is 8.41. The molecule has 2 aromatic rings. The fraction of sp³-hybridized carbons (Fsp3) is 0.458. The first-order valence-electron chi connectivity index (χ1n) is 10.2. The number of benzene rings is 2. The van der Waals surface area contributed by atoms with E-state index in [2.05, 4.69) is 32.2 Å². The van der Waals surface area contributed by atoms with E-state index < -0.39 is 0 Å². The quantitative estimate of drug-likeness (QED) is 0.748. The molecule has 0 aliphatic carbocycles. The number of carbonyl (C=O) groups excluding carboxylic acids is 1. The summed E-state index contributed by atoms with van der Waals surface area (Å²) < 4.78 is 17.2. The Kier molecular flexibility index (Phi) is 6.80. The number of hydrogen-bond donors (Lipinski definition) is 1. The Morgan fingerprint density at radius 2 is 1.97 bits per heavy atom. The van der Waals surface area contributed by atoms with Crippen LogP contribution in [0.2, 0.25) is 0 Å². The molecule has 3 rings (SSSR count). The summed E-state index contributed by atoms with van der Waals surface area (Å²) in [6, 6.07) is 13.5. The van der Waals surface area contributed by atoms with Crippen LogP contribution in [-0.4, -0.2) is 32.3 Å². The molecule has 0 unspecified atom stereocenters. The van der Waals surface area contributed by atoms with E-state index in [0.29, 0.717) is 24.5 Å². The van der Waals surface area contributed by atoms with Crippen LogP contribution in [0.5, 0.6) is 11.5 Å². The molecule has 1 aliphatic rings. The summed E-state index contributed by atoms with van der Waals surface area (Å²) in [6.45, 7) is 8.12. The molecule has 1 saturated heterocycles. The second kappa shape index (κ2) is 9.31. The molecular weight excluding hydrogens is 366 g/mol. The summed E-state index contributed by atoms with van der Waals surface area (Å²) in [4.78, 5) is 12.6. The van der Waals surface area contributed by atoms with Crippen molar-refractivity contribution in [1.29, 1.82) is 0 Å². The summed E-state index contributed by atoms with van der Waals surface area (Å²) in [5, 5.41) is 2.96. The minimum atomic E-state index is -0.112. The highest BCUT2D eigenvalue weighted by molar-refractivity contribution is 5.94. The molecule has 29 heavy (non-hydrogen) atoms. The third-order valence-electron chi connectivity index (χ3n) is 5.14. The van der Waals surface area contributed by atoms with E-state index in [4.69, 9.17) is 14.2 Å². The first-order chi connectivity index (χ1) is 13.9. The standard InChI is InChI=1S/C24H31NO4/c1-24(2,3)20-9-5-6-10-22(20)29-16-18-14-17(11-12-21(18)27-4)23(26)25-15-19-8-7-13-28-19/h5-6,9-12,14,19H,7-8,13,15-16H2,1-4H3,(H,25,26)/t19-/m0/s1. The Hall–Kier alpha value is -2.53. The van der Waals surface area contributed by atoms with Gasteiger partial charge in [-0.05, 0) is 48.1 Å². The molecule has 1 N–H and O–H groups in total. The molecule has 1 fully saturated rings. The largest absolute Gasteiger partial charge is 0.496 e. The van der Waals surface area contributed by atoms with Crippen molar-refractivity contribution in [3.63, 3.8) is 0 Å². The zero-order valence-electron chi connectivity index (χ0n) is 17.8. The lowest BCUT2D eigenvalue weighted by atomic mass is 9.86. The summed E-state index contributed by atoms with van der Waals surface area (Å²) in [7, 11) is 1.62. The molecule has 1 heterocycles. The van der Waals surface area contributed by atoms with Gasteiger partial charge in [0.15, 0.2) is 0 Å². The van der Waals surface area contributed by atoms with Gasteiger partial charge in [0.1, 0.15) is 18.1 Å². The van der Waals surface area contributed by atoms with E-state index in [1.807, 2.05) is 30.3 Å². The number of nitrogens with one attached hydrogen (secondary N) is 1. The van der Waals surface area contributed by atoms with E-state index in [0.717, 1.165) is 36.3 Å². The lowest BCUT2D eigenvalue weighted by Gasteiger charge is -2.23. The van der Waals surface area contributed by atoms with Crippen LogP contribution in [0.1, 0.15) is 55.1 Å². The Labute approximate surface area is 173 Å². The number of methoxy groups -OCH3 is 1. The molecule has 0 spiro atoms. The highest BCUT2D eigenvalue weighted by Gasteiger charge is 2.20. The normalized spacial score (nSPS) is 16.5. The molecule has 2 aromatic carbocycles. The summed E-state index contributed by atoms with van der Waals surface area (Å²) in [5.41, 5.74) is 2.54. The predicted molar refractivity (Wildman–Crippen MR) is 114 cm³/mol. The third kappa shape index (κ3) is 5.51. The van der Waals surface area contributed by atoms with E-state index in [-0.39, 0.29) is 17.4 Å². The molecule has 0 radical (unpaired) electrons. The van der Waals surface area contributed by atoms with Gasteiger partial charge < -0.3 is 19.5 Å². The van der Waals surface area contributed by atoms with Gasteiger partial charge in [-0.1, -0.05) is 39.0 Å². The van der Waals surface area contributed by atoms with Gasteiger partial charge in [-0.2, -0.15) is 0 Å². The smallest absolute Gasteiger partial charge is 0.251 e. The summed E-state index contributed by atoms with van der Waals surface area (Å²) >= 11 is 0. The van der Waals surface area contributed by atoms with Crippen LogP contribution in [0.3, 0.4) is 0 Å². The number of para-hydroxylation sites is 1. The Morgan fingerprint density at radius 1 is 1.17 bits per heavy atom. The maximum Gasteiger partial charge on any atom is 0.251 e. The van der Waals surface area contributed by atoms with Crippen molar-refractivity contribution in [1.82, 2.24) is 5.32 Å². The number of rotatable bonds is 7. The lowest BCUT2D eigenvalue weighted by molar-refractivity contribution is 0.0857. The van der Waals surface area contributed by atoms with Crippen molar-refractivity contribution < 1.29 is 19.0 Å². The van der Waals surface area contributed by atoms with Crippen molar-refractivity contribution in [2.75, 3.05) is 20.3 Å². The van der Waals surface area contributed by atoms with E-state index in [1.54, 1.807) is 13.2 Å². The van der Waals surface area contributed by atoms with Crippen molar-refractivity contribution >= 4 is 5.91 Å². The zero-order valence-corrected chi connectivity index (χ0v) is 17.8. The van der Waals surface area contributed by atoms with Crippen molar-refractivity contribution in [3.8, 4) is 11.5 Å². The molecule has 5 nitrogen and oxygen atoms in total. The van der Waals surface area contributed by atoms with Crippen LogP contribution in [0.15, 0.2) is 42.5 Å². The molecular formula is C24H31NO4. The maximum atomic E-state index is 12.6. The minimum Gasteiger partial charge on any atom is -0.496 e. The number of ether oxygens (including phenoxy) is 3. The minimum absolute atomic E-state index is 0.0231. The number of amides is 1. The Bertz CT molecular complexity index is 835. The van der Waals surface area contributed by atoms with Gasteiger partial charge >= 0.3 is 0 Å². The van der Waals surface area contributed by atoms with Crippen LogP contribution in [0.25, 0.3) is 0 Å². The second-order valence-corrected chi connectivity index (χ2v) is 8.41. The average molecular weight is 398 g/mol. The van der Waals surface area contributed by atoms with Gasteiger partial charge in [-0.25, -0.2) is 0 Å². The molecule has 156 valence electrons. The summed E-state index contributed by atoms with van der Waals surface area (Å²) in [5.74, 6) is 1.43. The van der Waals surface area contributed by atoms with Crippen LogP contribution < -0.4 is 14.8 Å². The molecule has 5 heteroatoms. The van der Waals surface area contributed by atoms with E-state index in [1.165, 1.54) is 0 Å². The zero-order chi connectivity index (χ0) is 20.9. The van der Waals surface area contributed by atoms with E-state index >= 15 is 0 Å². The SMILES string of the molecule is COc1ccc(C(=O)NC[C@@H]2CCCO2)cc1COc1ccccc1C(C)(C)C. The third-order valence-corrected chi connectivity index (χ3v) is 5.14. The topological polar surface area (TPSA) is 56.8 Å². The van der Waals surface area contributed by atoms with Crippen LogP contribution in [0, 0.1) is 0 Å². The van der Waals surface area contributed by atoms with Crippen molar-refractivity contribution in [3.05, 3.63) is 59.2 Å². The molecule has 1 atom stereocenters. The van der Waals surface area contributed by atoms with Crippen LogP contribution in [0.4, 0.5) is 0 Å². The monoisotopic (exact) mass is 397 g/mol. The summed E-state index contributed by atoms with van der Waals surface area (Å²) in [6.07, 6.45) is 2.17. The molecule has 1 amide bonds. The maximum absolute atomic E-state index is 12.6. The Balaban J connectivity index is 1.72.